The van der Waals surface area contributed by atoms with Crippen molar-refractivity contribution in [2.45, 2.75) is 6.54 Å². The number of hydrogen-bond acceptors (Lipinski definition) is 1. The van der Waals surface area contributed by atoms with Crippen LogP contribution in [0.5, 0.6) is 0 Å². The van der Waals surface area contributed by atoms with Gasteiger partial charge in [-0.1, -0.05) is 16.7 Å². The quantitative estimate of drug-likeness (QED) is 0.306. The summed E-state index contributed by atoms with van der Waals surface area (Å²) in [5.41, 5.74) is 8.04. The molecule has 0 heterocycles. The molecule has 68 valence electrons. The monoisotopic (exact) mass is 203 g/mol. The van der Waals surface area contributed by atoms with Crippen LogP contribution in [0, 0.1) is 11.6 Å². The molecule has 0 bridgehead atoms. The molecule has 0 amide bonds. The summed E-state index contributed by atoms with van der Waals surface area (Å²) < 4.78 is 25.5. The molecule has 3 nitrogen and oxygen atoms in total. The SMILES string of the molecule is [N-]=[N+]=NCc1cc(Cl)c(F)cc1F. The predicted molar refractivity (Wildman–Crippen MR) is 44.2 cm³/mol. The molecule has 0 aliphatic rings. The Hall–Kier alpha value is -1.32. The van der Waals surface area contributed by atoms with Crippen LogP contribution >= 0.6 is 11.6 Å². The molecule has 0 fully saturated rings. The highest BCUT2D eigenvalue weighted by Crippen LogP contribution is 2.19. The Morgan fingerprint density at radius 1 is 1.38 bits per heavy atom. The van der Waals surface area contributed by atoms with Crippen molar-refractivity contribution in [3.63, 3.8) is 0 Å². The first-order chi connectivity index (χ1) is 6.15. The fourth-order valence-corrected chi connectivity index (χ4v) is 0.979. The minimum atomic E-state index is -0.830. The van der Waals surface area contributed by atoms with Crippen molar-refractivity contribution in [3.05, 3.63) is 44.8 Å². The molecule has 1 aromatic rings. The number of benzene rings is 1. The van der Waals surface area contributed by atoms with E-state index in [2.05, 4.69) is 10.0 Å². The lowest BCUT2D eigenvalue weighted by atomic mass is 10.2. The van der Waals surface area contributed by atoms with Crippen molar-refractivity contribution in [2.75, 3.05) is 0 Å². The highest BCUT2D eigenvalue weighted by molar-refractivity contribution is 6.30. The zero-order valence-corrected chi connectivity index (χ0v) is 7.09. The maximum absolute atomic E-state index is 12.9. The van der Waals surface area contributed by atoms with Crippen molar-refractivity contribution in [3.8, 4) is 0 Å². The zero-order valence-electron chi connectivity index (χ0n) is 6.34. The molecular formula is C7H4ClF2N3. The minimum Gasteiger partial charge on any atom is -0.207 e. The molecule has 0 atom stereocenters. The summed E-state index contributed by atoms with van der Waals surface area (Å²) in [6, 6.07) is 1.76. The van der Waals surface area contributed by atoms with E-state index in [0.717, 1.165) is 6.07 Å². The van der Waals surface area contributed by atoms with Crippen molar-refractivity contribution in [2.24, 2.45) is 5.11 Å². The summed E-state index contributed by atoms with van der Waals surface area (Å²) in [6.45, 7) is -0.178. The number of hydrogen-bond donors (Lipinski definition) is 0. The highest BCUT2D eigenvalue weighted by atomic mass is 35.5. The molecule has 6 heteroatoms. The fourth-order valence-electron chi connectivity index (χ4n) is 0.793. The zero-order chi connectivity index (χ0) is 9.84. The Bertz CT molecular complexity index is 374. The van der Waals surface area contributed by atoms with E-state index in [1.165, 1.54) is 0 Å². The number of halogens is 3. The van der Waals surface area contributed by atoms with Crippen LogP contribution in [0.1, 0.15) is 5.56 Å². The second-order valence-electron chi connectivity index (χ2n) is 2.25. The lowest BCUT2D eigenvalue weighted by Gasteiger charge is -2.00. The van der Waals surface area contributed by atoms with E-state index in [1.54, 1.807) is 0 Å². The fraction of sp³-hybridized carbons (Fsp3) is 0.143. The van der Waals surface area contributed by atoms with Crippen molar-refractivity contribution in [1.29, 1.82) is 0 Å². The molecule has 0 aromatic heterocycles. The maximum atomic E-state index is 12.9. The van der Waals surface area contributed by atoms with Gasteiger partial charge in [0.2, 0.25) is 0 Å². The van der Waals surface area contributed by atoms with E-state index < -0.39 is 11.6 Å². The molecule has 0 N–H and O–H groups in total. The molecule has 0 aliphatic carbocycles. The third kappa shape index (κ3) is 2.31. The lowest BCUT2D eigenvalue weighted by molar-refractivity contribution is 0.572. The van der Waals surface area contributed by atoms with Crippen molar-refractivity contribution in [1.82, 2.24) is 0 Å². The average molecular weight is 204 g/mol. The normalized spacial score (nSPS) is 9.46. The van der Waals surface area contributed by atoms with Crippen LogP contribution in [0.15, 0.2) is 17.2 Å². The van der Waals surface area contributed by atoms with E-state index >= 15 is 0 Å². The molecule has 1 aromatic carbocycles. The molecule has 1 rings (SSSR count). The third-order valence-electron chi connectivity index (χ3n) is 1.39. The van der Waals surface area contributed by atoms with Crippen molar-refractivity contribution < 1.29 is 8.78 Å². The summed E-state index contributed by atoms with van der Waals surface area (Å²) in [5.74, 6) is -1.60. The first-order valence-electron chi connectivity index (χ1n) is 3.29. The molecule has 0 radical (unpaired) electrons. The minimum absolute atomic E-state index is 0.0733. The molecule has 0 aliphatic heterocycles. The summed E-state index contributed by atoms with van der Waals surface area (Å²) in [7, 11) is 0. The van der Waals surface area contributed by atoms with E-state index in [0.29, 0.717) is 6.07 Å². The van der Waals surface area contributed by atoms with Crippen molar-refractivity contribution >= 4 is 11.6 Å². The van der Waals surface area contributed by atoms with Crippen LogP contribution in [-0.2, 0) is 6.54 Å². The van der Waals surface area contributed by atoms with Gasteiger partial charge in [0.25, 0.3) is 0 Å². The Morgan fingerprint density at radius 3 is 2.69 bits per heavy atom. The van der Waals surface area contributed by atoms with Crippen LogP contribution in [-0.4, -0.2) is 0 Å². The van der Waals surface area contributed by atoms with Gasteiger partial charge in [-0.3, -0.25) is 0 Å². The Morgan fingerprint density at radius 2 is 2.08 bits per heavy atom. The lowest BCUT2D eigenvalue weighted by Crippen LogP contribution is -1.90. The highest BCUT2D eigenvalue weighted by Gasteiger charge is 2.06. The van der Waals surface area contributed by atoms with Crippen LogP contribution in [0.3, 0.4) is 0 Å². The first-order valence-corrected chi connectivity index (χ1v) is 3.67. The van der Waals surface area contributed by atoms with Gasteiger partial charge in [0.1, 0.15) is 11.6 Å². The number of rotatable bonds is 2. The van der Waals surface area contributed by atoms with Gasteiger partial charge in [0.15, 0.2) is 0 Å². The second kappa shape index (κ2) is 4.07. The first kappa shape index (κ1) is 9.77. The standard InChI is InChI=1S/C7H4ClF2N3/c8-5-1-4(3-12-13-11)6(9)2-7(5)10/h1-2H,3H2. The van der Waals surface area contributed by atoms with E-state index in [4.69, 9.17) is 17.1 Å². The van der Waals surface area contributed by atoms with Gasteiger partial charge >= 0.3 is 0 Å². The van der Waals surface area contributed by atoms with Crippen LogP contribution in [0.25, 0.3) is 10.4 Å². The van der Waals surface area contributed by atoms with Crippen LogP contribution in [0.4, 0.5) is 8.78 Å². The molecule has 0 unspecified atom stereocenters. The predicted octanol–water partition coefficient (Wildman–Crippen LogP) is 3.43. The largest absolute Gasteiger partial charge is 0.207 e. The summed E-state index contributed by atoms with van der Waals surface area (Å²) in [4.78, 5) is 2.45. The van der Waals surface area contributed by atoms with Gasteiger partial charge < -0.3 is 0 Å². The molecular weight excluding hydrogens is 200 g/mol. The van der Waals surface area contributed by atoms with E-state index in [1.807, 2.05) is 0 Å². The van der Waals surface area contributed by atoms with Crippen LogP contribution in [0.2, 0.25) is 5.02 Å². The Balaban J connectivity index is 3.07. The second-order valence-corrected chi connectivity index (χ2v) is 2.65. The summed E-state index contributed by atoms with van der Waals surface area (Å²) in [6.07, 6.45) is 0. The Kier molecular flexibility index (Phi) is 3.06. The number of azide groups is 1. The molecule has 0 spiro atoms. The summed E-state index contributed by atoms with van der Waals surface area (Å²) in [5, 5.41) is 2.94. The van der Waals surface area contributed by atoms with E-state index in [9.17, 15) is 8.78 Å². The molecule has 0 saturated carbocycles. The van der Waals surface area contributed by atoms with Gasteiger partial charge in [0, 0.05) is 11.0 Å². The number of nitrogens with zero attached hydrogens (tertiary/aromatic N) is 3. The van der Waals surface area contributed by atoms with Gasteiger partial charge in [-0.25, -0.2) is 8.78 Å². The Labute approximate surface area is 77.6 Å². The molecule has 0 saturated heterocycles. The van der Waals surface area contributed by atoms with E-state index in [-0.39, 0.29) is 17.1 Å². The van der Waals surface area contributed by atoms with Crippen LogP contribution < -0.4 is 0 Å². The van der Waals surface area contributed by atoms with Gasteiger partial charge in [0.05, 0.1) is 11.6 Å². The van der Waals surface area contributed by atoms with Gasteiger partial charge in [-0.15, -0.1) is 0 Å². The van der Waals surface area contributed by atoms with Gasteiger partial charge in [-0.05, 0) is 17.2 Å². The topological polar surface area (TPSA) is 48.8 Å². The smallest absolute Gasteiger partial charge is 0.144 e. The average Bonchev–Trinajstić information content (AvgIpc) is 2.09. The third-order valence-corrected chi connectivity index (χ3v) is 1.68. The maximum Gasteiger partial charge on any atom is 0.144 e. The van der Waals surface area contributed by atoms with Gasteiger partial charge in [-0.2, -0.15) is 0 Å². The molecule has 13 heavy (non-hydrogen) atoms. The summed E-state index contributed by atoms with van der Waals surface area (Å²) >= 11 is 5.39.